The molecule has 0 bridgehead atoms. The third kappa shape index (κ3) is 3.77. The van der Waals surface area contributed by atoms with Gasteiger partial charge in [0, 0.05) is 16.6 Å². The summed E-state index contributed by atoms with van der Waals surface area (Å²) in [5.74, 6) is 0.153. The molecule has 0 saturated heterocycles. The van der Waals surface area contributed by atoms with Crippen LogP contribution in [0.25, 0.3) is 0 Å². The molecule has 1 aromatic heterocycles. The highest BCUT2D eigenvalue weighted by atomic mass is 79.9. The first kappa shape index (κ1) is 13.5. The quantitative estimate of drug-likeness (QED) is 0.779. The molecule has 0 N–H and O–H groups in total. The molecule has 1 heterocycles. The lowest BCUT2D eigenvalue weighted by molar-refractivity contribution is 0.0943. The van der Waals surface area contributed by atoms with Gasteiger partial charge in [0.15, 0.2) is 5.78 Å². The van der Waals surface area contributed by atoms with Crippen LogP contribution in [0.5, 0.6) is 0 Å². The molecule has 0 fully saturated rings. The van der Waals surface area contributed by atoms with Crippen LogP contribution < -0.4 is 0 Å². The van der Waals surface area contributed by atoms with E-state index in [1.165, 1.54) is 5.56 Å². The maximum absolute atomic E-state index is 12.0. The van der Waals surface area contributed by atoms with E-state index in [4.69, 9.17) is 0 Å². The largest absolute Gasteiger partial charge is 0.295 e. The number of Topliss-reactive ketones (excluding diaryl/α,β-unsaturated/α-hetero) is 1. The highest BCUT2D eigenvalue weighted by molar-refractivity contribution is 9.10. The standard InChI is InChI=1S/C14H14BrNOS/c1-16(8-11-6-7-18-10-11)9-14(17)12-2-4-13(15)5-3-12/h2-7,10H,8-9H2,1H3. The fourth-order valence-electron chi connectivity index (χ4n) is 1.72. The number of carbonyl (C=O) groups is 1. The zero-order valence-corrected chi connectivity index (χ0v) is 12.5. The minimum Gasteiger partial charge on any atom is -0.295 e. The Hall–Kier alpha value is -0.970. The van der Waals surface area contributed by atoms with E-state index in [0.717, 1.165) is 16.6 Å². The topological polar surface area (TPSA) is 20.3 Å². The van der Waals surface area contributed by atoms with Gasteiger partial charge in [-0.2, -0.15) is 11.3 Å². The van der Waals surface area contributed by atoms with Crippen molar-refractivity contribution in [3.8, 4) is 0 Å². The summed E-state index contributed by atoms with van der Waals surface area (Å²) in [5, 5.41) is 4.17. The minimum absolute atomic E-state index is 0.153. The Morgan fingerprint density at radius 1 is 1.28 bits per heavy atom. The predicted molar refractivity (Wildman–Crippen MR) is 79.1 cm³/mol. The maximum atomic E-state index is 12.0. The number of likely N-dealkylation sites (N-methyl/N-ethyl adjacent to an activating group) is 1. The molecule has 2 aromatic rings. The fourth-order valence-corrected chi connectivity index (χ4v) is 2.65. The molecule has 0 aliphatic rings. The number of hydrogen-bond acceptors (Lipinski definition) is 3. The summed E-state index contributed by atoms with van der Waals surface area (Å²) in [6.07, 6.45) is 0. The van der Waals surface area contributed by atoms with Crippen molar-refractivity contribution in [2.45, 2.75) is 6.54 Å². The number of benzene rings is 1. The molecule has 0 aliphatic carbocycles. The Bertz CT molecular complexity index is 507. The fraction of sp³-hybridized carbons (Fsp3) is 0.214. The zero-order valence-electron chi connectivity index (χ0n) is 10.1. The first-order chi connectivity index (χ1) is 8.65. The molecule has 0 unspecified atom stereocenters. The normalized spacial score (nSPS) is 10.8. The van der Waals surface area contributed by atoms with Gasteiger partial charge in [-0.15, -0.1) is 0 Å². The lowest BCUT2D eigenvalue weighted by atomic mass is 10.1. The molecule has 2 rings (SSSR count). The van der Waals surface area contributed by atoms with Crippen LogP contribution >= 0.6 is 27.3 Å². The summed E-state index contributed by atoms with van der Waals surface area (Å²) in [5.41, 5.74) is 2.02. The highest BCUT2D eigenvalue weighted by Gasteiger charge is 2.09. The van der Waals surface area contributed by atoms with Gasteiger partial charge < -0.3 is 0 Å². The Kier molecular flexibility index (Phi) is 4.69. The molecule has 0 radical (unpaired) electrons. The van der Waals surface area contributed by atoms with Crippen molar-refractivity contribution in [3.05, 3.63) is 56.7 Å². The van der Waals surface area contributed by atoms with Crippen LogP contribution in [0.4, 0.5) is 0 Å². The molecular formula is C14H14BrNOS. The van der Waals surface area contributed by atoms with E-state index in [1.807, 2.05) is 36.2 Å². The van der Waals surface area contributed by atoms with Gasteiger partial charge in [-0.05, 0) is 41.6 Å². The van der Waals surface area contributed by atoms with Crippen molar-refractivity contribution in [2.24, 2.45) is 0 Å². The Morgan fingerprint density at radius 2 is 2.00 bits per heavy atom. The van der Waals surface area contributed by atoms with Crippen LogP contribution in [-0.2, 0) is 6.54 Å². The summed E-state index contributed by atoms with van der Waals surface area (Å²) in [6, 6.07) is 9.58. The van der Waals surface area contributed by atoms with E-state index in [2.05, 4.69) is 32.8 Å². The summed E-state index contributed by atoms with van der Waals surface area (Å²) in [4.78, 5) is 14.1. The first-order valence-electron chi connectivity index (χ1n) is 5.63. The van der Waals surface area contributed by atoms with Crippen LogP contribution in [-0.4, -0.2) is 24.3 Å². The number of nitrogens with zero attached hydrogens (tertiary/aromatic N) is 1. The van der Waals surface area contributed by atoms with Gasteiger partial charge in [0.2, 0.25) is 0 Å². The van der Waals surface area contributed by atoms with Gasteiger partial charge in [-0.25, -0.2) is 0 Å². The van der Waals surface area contributed by atoms with E-state index in [1.54, 1.807) is 11.3 Å². The first-order valence-corrected chi connectivity index (χ1v) is 7.37. The van der Waals surface area contributed by atoms with Crippen molar-refractivity contribution < 1.29 is 4.79 Å². The molecule has 2 nitrogen and oxygen atoms in total. The van der Waals surface area contributed by atoms with E-state index in [-0.39, 0.29) is 5.78 Å². The second kappa shape index (κ2) is 6.27. The van der Waals surface area contributed by atoms with E-state index in [9.17, 15) is 4.79 Å². The summed E-state index contributed by atoms with van der Waals surface area (Å²) in [7, 11) is 1.97. The zero-order chi connectivity index (χ0) is 13.0. The van der Waals surface area contributed by atoms with Gasteiger partial charge in [0.1, 0.15) is 0 Å². The predicted octanol–water partition coefficient (Wildman–Crippen LogP) is 3.83. The lowest BCUT2D eigenvalue weighted by Gasteiger charge is -2.14. The number of carbonyl (C=O) groups excluding carboxylic acids is 1. The molecule has 18 heavy (non-hydrogen) atoms. The molecule has 0 amide bonds. The number of hydrogen-bond donors (Lipinski definition) is 0. The van der Waals surface area contributed by atoms with Crippen LogP contribution in [0.3, 0.4) is 0 Å². The van der Waals surface area contributed by atoms with E-state index in [0.29, 0.717) is 6.54 Å². The van der Waals surface area contributed by atoms with Gasteiger partial charge in [0.25, 0.3) is 0 Å². The van der Waals surface area contributed by atoms with Gasteiger partial charge in [-0.3, -0.25) is 9.69 Å². The molecule has 0 aliphatic heterocycles. The van der Waals surface area contributed by atoms with Crippen LogP contribution in [0.15, 0.2) is 45.6 Å². The molecule has 0 saturated carbocycles. The second-order valence-corrected chi connectivity index (χ2v) is 5.93. The van der Waals surface area contributed by atoms with Gasteiger partial charge in [0.05, 0.1) is 6.54 Å². The van der Waals surface area contributed by atoms with Crippen molar-refractivity contribution in [1.29, 1.82) is 0 Å². The highest BCUT2D eigenvalue weighted by Crippen LogP contribution is 2.12. The van der Waals surface area contributed by atoms with Gasteiger partial charge in [-0.1, -0.05) is 28.1 Å². The average Bonchev–Trinajstić information content (AvgIpc) is 2.82. The Balaban J connectivity index is 1.92. The van der Waals surface area contributed by atoms with Crippen LogP contribution in [0, 0.1) is 0 Å². The second-order valence-electron chi connectivity index (χ2n) is 4.23. The van der Waals surface area contributed by atoms with Crippen molar-refractivity contribution in [2.75, 3.05) is 13.6 Å². The smallest absolute Gasteiger partial charge is 0.176 e. The molecule has 94 valence electrons. The summed E-state index contributed by atoms with van der Waals surface area (Å²) in [6.45, 7) is 1.25. The average molecular weight is 324 g/mol. The lowest BCUT2D eigenvalue weighted by Crippen LogP contribution is -2.25. The number of halogens is 1. The van der Waals surface area contributed by atoms with Crippen LogP contribution in [0.1, 0.15) is 15.9 Å². The number of rotatable bonds is 5. The number of thiophene rings is 1. The third-order valence-corrected chi connectivity index (χ3v) is 3.87. The Labute approximate surface area is 119 Å². The molecule has 0 spiro atoms. The SMILES string of the molecule is CN(CC(=O)c1ccc(Br)cc1)Cc1ccsc1. The molecule has 1 aromatic carbocycles. The number of ketones is 1. The maximum Gasteiger partial charge on any atom is 0.176 e. The third-order valence-electron chi connectivity index (χ3n) is 2.61. The summed E-state index contributed by atoms with van der Waals surface area (Å²) >= 11 is 5.05. The minimum atomic E-state index is 0.153. The van der Waals surface area contributed by atoms with Crippen molar-refractivity contribution >= 4 is 33.0 Å². The molecule has 4 heteroatoms. The van der Waals surface area contributed by atoms with Gasteiger partial charge >= 0.3 is 0 Å². The van der Waals surface area contributed by atoms with E-state index >= 15 is 0 Å². The van der Waals surface area contributed by atoms with Crippen LogP contribution in [0.2, 0.25) is 0 Å². The molecule has 0 atom stereocenters. The van der Waals surface area contributed by atoms with Crippen molar-refractivity contribution in [1.82, 2.24) is 4.90 Å². The van der Waals surface area contributed by atoms with Crippen molar-refractivity contribution in [3.63, 3.8) is 0 Å². The molecular weight excluding hydrogens is 310 g/mol. The summed E-state index contributed by atoms with van der Waals surface area (Å²) < 4.78 is 0.991. The monoisotopic (exact) mass is 323 g/mol. The Morgan fingerprint density at radius 3 is 2.61 bits per heavy atom. The van der Waals surface area contributed by atoms with E-state index < -0.39 is 0 Å².